The maximum atomic E-state index is 13.0. The van der Waals surface area contributed by atoms with Crippen molar-refractivity contribution < 1.29 is 14.7 Å². The van der Waals surface area contributed by atoms with E-state index in [9.17, 15) is 20.0 Å². The minimum absolute atomic E-state index is 0. The number of halogens is 1. The number of phenolic OH excluding ortho intramolecular Hbond substituents is 1. The highest BCUT2D eigenvalue weighted by atomic mass is 35.5. The van der Waals surface area contributed by atoms with Crippen LogP contribution in [0.4, 0.5) is 5.82 Å². The van der Waals surface area contributed by atoms with Crippen molar-refractivity contribution >= 4 is 41.4 Å². The number of piperidine rings is 1. The van der Waals surface area contributed by atoms with Crippen LogP contribution in [0.15, 0.2) is 72.1 Å². The number of para-hydroxylation sites is 1. The number of aromatic hydroxyl groups is 1. The maximum absolute atomic E-state index is 13.0. The fourth-order valence-corrected chi connectivity index (χ4v) is 5.06. The summed E-state index contributed by atoms with van der Waals surface area (Å²) in [4.78, 5) is 30.9. The van der Waals surface area contributed by atoms with Gasteiger partial charge in [0, 0.05) is 22.7 Å². The number of phenols is 1. The van der Waals surface area contributed by atoms with Crippen molar-refractivity contribution in [3.63, 3.8) is 0 Å². The first-order chi connectivity index (χ1) is 18.5. The zero-order chi connectivity index (χ0) is 26.5. The number of thiophene rings is 1. The molecular formula is C29H26ClN5O3S. The molecule has 2 aromatic heterocycles. The van der Waals surface area contributed by atoms with Crippen molar-refractivity contribution in [1.82, 2.24) is 15.6 Å². The Labute approximate surface area is 236 Å². The highest BCUT2D eigenvalue weighted by Gasteiger charge is 2.21. The summed E-state index contributed by atoms with van der Waals surface area (Å²) in [5.41, 5.74) is 2.55. The molecule has 0 spiro atoms. The lowest BCUT2D eigenvalue weighted by Crippen LogP contribution is -2.42. The molecule has 5 rings (SSSR count). The molecule has 2 amide bonds. The smallest absolute Gasteiger partial charge is 0.266 e. The Kier molecular flexibility index (Phi) is 8.94. The van der Waals surface area contributed by atoms with E-state index in [-0.39, 0.29) is 47.4 Å². The van der Waals surface area contributed by atoms with Crippen LogP contribution < -0.4 is 16.0 Å². The molecule has 3 heterocycles. The van der Waals surface area contributed by atoms with Crippen LogP contribution in [-0.2, 0) is 0 Å². The Balaban J connectivity index is 0.00000353. The lowest BCUT2D eigenvalue weighted by molar-refractivity contribution is 0.0929. The van der Waals surface area contributed by atoms with Crippen molar-refractivity contribution in [2.75, 3.05) is 18.4 Å². The summed E-state index contributed by atoms with van der Waals surface area (Å²) in [7, 11) is 0. The lowest BCUT2D eigenvalue weighted by Gasteiger charge is -2.23. The average Bonchev–Trinajstić information content (AvgIpc) is 3.49. The third-order valence-corrected chi connectivity index (χ3v) is 7.27. The SMILES string of the molecule is Cl.N#Cc1c(-c2cccc(C(=O)NC3CCNCC3)c2)cc(-c2ccccc2O)nc1NC(=O)c1cccs1. The fraction of sp³-hybridized carbons (Fsp3) is 0.172. The van der Waals surface area contributed by atoms with E-state index < -0.39 is 0 Å². The number of hydrogen-bond acceptors (Lipinski definition) is 7. The van der Waals surface area contributed by atoms with Crippen molar-refractivity contribution in [1.29, 1.82) is 5.26 Å². The molecule has 1 saturated heterocycles. The van der Waals surface area contributed by atoms with Crippen LogP contribution >= 0.6 is 23.7 Å². The number of rotatable bonds is 6. The standard InChI is InChI=1S/C29H25N5O3S.ClH/c30-17-23-22(18-5-3-6-19(15-18)28(36)32-20-10-12-31-13-11-20)16-24(21-7-1-2-8-25(21)35)33-27(23)34-29(37)26-9-4-14-38-26;/h1-9,14-16,20,31,35H,10-13H2,(H,32,36)(H,33,34,37);1H. The van der Waals surface area contributed by atoms with E-state index in [4.69, 9.17) is 0 Å². The highest BCUT2D eigenvalue weighted by molar-refractivity contribution is 7.12. The number of carbonyl (C=O) groups is 2. The van der Waals surface area contributed by atoms with Crippen molar-refractivity contribution in [2.24, 2.45) is 0 Å². The summed E-state index contributed by atoms with van der Waals surface area (Å²) in [5.74, 6) is -0.481. The minimum Gasteiger partial charge on any atom is -0.507 e. The molecule has 0 aliphatic carbocycles. The van der Waals surface area contributed by atoms with Gasteiger partial charge in [0.2, 0.25) is 0 Å². The van der Waals surface area contributed by atoms with Gasteiger partial charge in [0.1, 0.15) is 17.4 Å². The number of benzene rings is 2. The van der Waals surface area contributed by atoms with Crippen LogP contribution in [0.25, 0.3) is 22.4 Å². The van der Waals surface area contributed by atoms with Crippen molar-refractivity contribution in [3.05, 3.63) is 88.1 Å². The molecule has 10 heteroatoms. The number of hydrogen-bond donors (Lipinski definition) is 4. The average molecular weight is 560 g/mol. The van der Waals surface area contributed by atoms with Crippen LogP contribution in [-0.4, -0.2) is 41.0 Å². The fourth-order valence-electron chi connectivity index (χ4n) is 4.44. The second-order valence-electron chi connectivity index (χ2n) is 8.92. The summed E-state index contributed by atoms with van der Waals surface area (Å²) in [5, 5.41) is 31.6. The van der Waals surface area contributed by atoms with Gasteiger partial charge in [-0.15, -0.1) is 23.7 Å². The molecule has 0 saturated carbocycles. The molecule has 198 valence electrons. The number of nitriles is 1. The number of nitrogens with one attached hydrogen (secondary N) is 3. The van der Waals surface area contributed by atoms with E-state index in [2.05, 4.69) is 27.0 Å². The van der Waals surface area contributed by atoms with Gasteiger partial charge in [0.05, 0.1) is 10.6 Å². The van der Waals surface area contributed by atoms with E-state index in [1.54, 1.807) is 72.1 Å². The van der Waals surface area contributed by atoms with Gasteiger partial charge in [0.25, 0.3) is 11.8 Å². The number of pyridine rings is 1. The molecular weight excluding hydrogens is 534 g/mol. The summed E-state index contributed by atoms with van der Waals surface area (Å²) in [6.45, 7) is 1.73. The quantitative estimate of drug-likeness (QED) is 0.257. The van der Waals surface area contributed by atoms with Gasteiger partial charge in [-0.2, -0.15) is 5.26 Å². The lowest BCUT2D eigenvalue weighted by atomic mass is 9.96. The van der Waals surface area contributed by atoms with Crippen LogP contribution in [0.5, 0.6) is 5.75 Å². The second-order valence-corrected chi connectivity index (χ2v) is 9.87. The molecule has 1 aliphatic heterocycles. The van der Waals surface area contributed by atoms with Crippen LogP contribution in [0.2, 0.25) is 0 Å². The van der Waals surface area contributed by atoms with Gasteiger partial charge < -0.3 is 21.1 Å². The number of carbonyl (C=O) groups excluding carboxylic acids is 2. The maximum Gasteiger partial charge on any atom is 0.266 e. The summed E-state index contributed by atoms with van der Waals surface area (Å²) < 4.78 is 0. The number of anilines is 1. The van der Waals surface area contributed by atoms with Crippen LogP contribution in [0.1, 0.15) is 38.4 Å². The Morgan fingerprint density at radius 3 is 2.51 bits per heavy atom. The summed E-state index contributed by atoms with van der Waals surface area (Å²) in [6.07, 6.45) is 1.73. The molecule has 4 aromatic rings. The molecule has 1 fully saturated rings. The van der Waals surface area contributed by atoms with Crippen LogP contribution in [0.3, 0.4) is 0 Å². The molecule has 0 radical (unpaired) electrons. The second kappa shape index (κ2) is 12.5. The van der Waals surface area contributed by atoms with Gasteiger partial charge in [-0.3, -0.25) is 9.59 Å². The predicted molar refractivity (Wildman–Crippen MR) is 154 cm³/mol. The first-order valence-electron chi connectivity index (χ1n) is 12.2. The number of amides is 2. The molecule has 1 aliphatic rings. The largest absolute Gasteiger partial charge is 0.507 e. The molecule has 8 nitrogen and oxygen atoms in total. The van der Waals surface area contributed by atoms with Crippen molar-refractivity contribution in [3.8, 4) is 34.2 Å². The topological polar surface area (TPSA) is 127 Å². The molecule has 39 heavy (non-hydrogen) atoms. The summed E-state index contributed by atoms with van der Waals surface area (Å²) >= 11 is 1.28. The van der Waals surface area contributed by atoms with E-state index in [0.717, 1.165) is 25.9 Å². The van der Waals surface area contributed by atoms with Gasteiger partial charge in [0.15, 0.2) is 5.82 Å². The monoisotopic (exact) mass is 559 g/mol. The van der Waals surface area contributed by atoms with Crippen LogP contribution in [0, 0.1) is 11.3 Å². The Bertz CT molecular complexity index is 1530. The Morgan fingerprint density at radius 1 is 1.00 bits per heavy atom. The highest BCUT2D eigenvalue weighted by Crippen LogP contribution is 2.36. The Morgan fingerprint density at radius 2 is 1.79 bits per heavy atom. The van der Waals surface area contributed by atoms with E-state index in [0.29, 0.717) is 32.8 Å². The number of aromatic nitrogens is 1. The molecule has 0 unspecified atom stereocenters. The Hall–Kier alpha value is -4.23. The summed E-state index contributed by atoms with van der Waals surface area (Å²) in [6, 6.07) is 21.2. The molecule has 4 N–H and O–H groups in total. The normalized spacial score (nSPS) is 13.1. The molecule has 0 bridgehead atoms. The first-order valence-corrected chi connectivity index (χ1v) is 13.1. The van der Waals surface area contributed by atoms with E-state index >= 15 is 0 Å². The van der Waals surface area contributed by atoms with Crippen molar-refractivity contribution in [2.45, 2.75) is 18.9 Å². The number of nitrogens with zero attached hydrogens (tertiary/aromatic N) is 2. The van der Waals surface area contributed by atoms with E-state index in [1.165, 1.54) is 11.3 Å². The van der Waals surface area contributed by atoms with Gasteiger partial charge in [-0.05, 0) is 73.3 Å². The molecule has 2 aromatic carbocycles. The predicted octanol–water partition coefficient (Wildman–Crippen LogP) is 5.21. The first kappa shape index (κ1) is 27.8. The molecule has 0 atom stereocenters. The van der Waals surface area contributed by atoms with Gasteiger partial charge in [-0.1, -0.05) is 30.3 Å². The minimum atomic E-state index is -0.389. The van der Waals surface area contributed by atoms with E-state index in [1.807, 2.05) is 0 Å². The zero-order valence-corrected chi connectivity index (χ0v) is 22.4. The third-order valence-electron chi connectivity index (χ3n) is 6.40. The van der Waals surface area contributed by atoms with Gasteiger partial charge in [-0.25, -0.2) is 4.98 Å². The zero-order valence-electron chi connectivity index (χ0n) is 20.8. The third kappa shape index (κ3) is 6.26. The van der Waals surface area contributed by atoms with Gasteiger partial charge >= 0.3 is 0 Å².